The van der Waals surface area contributed by atoms with Crippen molar-refractivity contribution in [1.82, 2.24) is 4.90 Å². The predicted molar refractivity (Wildman–Crippen MR) is 78.0 cm³/mol. The summed E-state index contributed by atoms with van der Waals surface area (Å²) in [5, 5.41) is 8.38. The van der Waals surface area contributed by atoms with Crippen LogP contribution in [0.2, 0.25) is 0 Å². The summed E-state index contributed by atoms with van der Waals surface area (Å²) in [6.07, 6.45) is 3.40. The molecule has 0 aliphatic carbocycles. The Kier molecular flexibility index (Phi) is 6.57. The number of carbonyl (C=O) groups excluding carboxylic acids is 1. The maximum Gasteiger partial charge on any atom is 0.254 e. The number of carbonyl (C=O) groups is 1. The van der Waals surface area contributed by atoms with Gasteiger partial charge in [-0.05, 0) is 24.0 Å². The van der Waals surface area contributed by atoms with Gasteiger partial charge in [0.05, 0.1) is 0 Å². The van der Waals surface area contributed by atoms with Gasteiger partial charge in [0.15, 0.2) is 0 Å². The first kappa shape index (κ1) is 15.7. The maximum absolute atomic E-state index is 11.3. The van der Waals surface area contributed by atoms with E-state index >= 15 is 0 Å². The van der Waals surface area contributed by atoms with Crippen molar-refractivity contribution in [2.45, 2.75) is 39.7 Å². The van der Waals surface area contributed by atoms with Crippen LogP contribution in [0, 0.1) is 5.92 Å². The van der Waals surface area contributed by atoms with E-state index in [9.17, 15) is 4.79 Å². The fourth-order valence-corrected chi connectivity index (χ4v) is 2.06. The van der Waals surface area contributed by atoms with Crippen LogP contribution in [0.15, 0.2) is 24.3 Å². The molecule has 0 saturated heterocycles. The van der Waals surface area contributed by atoms with Crippen molar-refractivity contribution < 1.29 is 9.90 Å². The predicted octanol–water partition coefficient (Wildman–Crippen LogP) is 3.08. The summed E-state index contributed by atoms with van der Waals surface area (Å²) in [6, 6.07) is 7.74. The molecule has 0 saturated carbocycles. The summed E-state index contributed by atoms with van der Waals surface area (Å²) in [5.41, 5.74) is 2.00. The van der Waals surface area contributed by atoms with Crippen LogP contribution in [0.5, 0.6) is 0 Å². The van der Waals surface area contributed by atoms with Gasteiger partial charge in [-0.1, -0.05) is 44.9 Å². The molecule has 0 atom stereocenters. The molecule has 1 aliphatic heterocycles. The van der Waals surface area contributed by atoms with E-state index < -0.39 is 0 Å². The number of hydrogen-bond acceptors (Lipinski definition) is 2. The first-order valence-corrected chi connectivity index (χ1v) is 7.00. The Bertz CT molecular complexity index is 401. The molecule has 2 rings (SSSR count). The van der Waals surface area contributed by atoms with E-state index in [0.717, 1.165) is 30.0 Å². The zero-order valence-electron chi connectivity index (χ0n) is 12.2. The molecule has 1 heterocycles. The number of amides is 1. The number of aliphatic hydroxyl groups is 1. The fraction of sp³-hybridized carbons (Fsp3) is 0.562. The molecule has 0 bridgehead atoms. The summed E-state index contributed by atoms with van der Waals surface area (Å²) in [4.78, 5) is 13.0. The first-order valence-electron chi connectivity index (χ1n) is 7.00. The van der Waals surface area contributed by atoms with Gasteiger partial charge in [-0.25, -0.2) is 0 Å². The summed E-state index contributed by atoms with van der Waals surface area (Å²) in [5.74, 6) is 0.933. The number of rotatable bonds is 4. The minimum absolute atomic E-state index is 0.139. The largest absolute Gasteiger partial charge is 0.396 e. The SMILES string of the molecule is CC(C)CCCCO.CN1Cc2ccccc2C1=O. The fourth-order valence-electron chi connectivity index (χ4n) is 2.06. The van der Waals surface area contributed by atoms with Crippen molar-refractivity contribution in [3.8, 4) is 0 Å². The Morgan fingerprint density at radius 2 is 1.95 bits per heavy atom. The third-order valence-corrected chi connectivity index (χ3v) is 3.19. The quantitative estimate of drug-likeness (QED) is 0.848. The van der Waals surface area contributed by atoms with Crippen molar-refractivity contribution in [3.05, 3.63) is 35.4 Å². The molecular formula is C16H25NO2. The van der Waals surface area contributed by atoms with Crippen molar-refractivity contribution >= 4 is 5.91 Å². The van der Waals surface area contributed by atoms with Crippen LogP contribution < -0.4 is 0 Å². The van der Waals surface area contributed by atoms with E-state index in [1.807, 2.05) is 31.3 Å². The molecule has 1 N–H and O–H groups in total. The average Bonchev–Trinajstić information content (AvgIpc) is 2.67. The number of aliphatic hydroxyl groups excluding tert-OH is 1. The van der Waals surface area contributed by atoms with Gasteiger partial charge in [-0.15, -0.1) is 0 Å². The molecule has 19 heavy (non-hydrogen) atoms. The van der Waals surface area contributed by atoms with Crippen LogP contribution in [0.1, 0.15) is 49.0 Å². The van der Waals surface area contributed by atoms with E-state index in [-0.39, 0.29) is 5.91 Å². The van der Waals surface area contributed by atoms with E-state index in [1.165, 1.54) is 12.8 Å². The van der Waals surface area contributed by atoms with Crippen molar-refractivity contribution in [2.75, 3.05) is 13.7 Å². The van der Waals surface area contributed by atoms with E-state index in [1.54, 1.807) is 4.90 Å². The molecular weight excluding hydrogens is 238 g/mol. The van der Waals surface area contributed by atoms with Crippen molar-refractivity contribution in [3.63, 3.8) is 0 Å². The lowest BCUT2D eigenvalue weighted by molar-refractivity contribution is 0.0816. The van der Waals surface area contributed by atoms with Crippen LogP contribution in [0.3, 0.4) is 0 Å². The highest BCUT2D eigenvalue weighted by Crippen LogP contribution is 2.19. The van der Waals surface area contributed by atoms with Gasteiger partial charge in [0.2, 0.25) is 0 Å². The lowest BCUT2D eigenvalue weighted by atomic mass is 10.1. The lowest BCUT2D eigenvalue weighted by Gasteiger charge is -2.04. The number of fused-ring (bicyclic) bond motifs is 1. The summed E-state index contributed by atoms with van der Waals surface area (Å²) < 4.78 is 0. The third-order valence-electron chi connectivity index (χ3n) is 3.19. The van der Waals surface area contributed by atoms with Gasteiger partial charge in [0.1, 0.15) is 0 Å². The van der Waals surface area contributed by atoms with Gasteiger partial charge in [-0.2, -0.15) is 0 Å². The highest BCUT2D eigenvalue weighted by atomic mass is 16.2. The minimum Gasteiger partial charge on any atom is -0.396 e. The van der Waals surface area contributed by atoms with Crippen molar-refractivity contribution in [1.29, 1.82) is 0 Å². The number of nitrogens with zero attached hydrogens (tertiary/aromatic N) is 1. The molecule has 1 aromatic carbocycles. The van der Waals surface area contributed by atoms with Crippen LogP contribution in [-0.2, 0) is 6.54 Å². The second-order valence-corrected chi connectivity index (χ2v) is 5.43. The average molecular weight is 263 g/mol. The van der Waals surface area contributed by atoms with Gasteiger partial charge in [0, 0.05) is 25.8 Å². The first-order chi connectivity index (χ1) is 9.06. The molecule has 0 spiro atoms. The second kappa shape index (κ2) is 7.95. The number of benzene rings is 1. The molecule has 1 aliphatic rings. The Morgan fingerprint density at radius 3 is 2.53 bits per heavy atom. The highest BCUT2D eigenvalue weighted by Gasteiger charge is 2.22. The molecule has 0 fully saturated rings. The third kappa shape index (κ3) is 5.03. The van der Waals surface area contributed by atoms with Crippen LogP contribution in [-0.4, -0.2) is 29.6 Å². The maximum atomic E-state index is 11.3. The normalized spacial score (nSPS) is 13.3. The van der Waals surface area contributed by atoms with E-state index in [2.05, 4.69) is 13.8 Å². The van der Waals surface area contributed by atoms with Crippen LogP contribution >= 0.6 is 0 Å². The molecule has 106 valence electrons. The highest BCUT2D eigenvalue weighted by molar-refractivity contribution is 5.98. The van der Waals surface area contributed by atoms with E-state index in [0.29, 0.717) is 6.61 Å². The Labute approximate surface area is 116 Å². The topological polar surface area (TPSA) is 40.5 Å². The summed E-state index contributed by atoms with van der Waals surface area (Å²) >= 11 is 0. The Balaban J connectivity index is 0.000000203. The van der Waals surface area contributed by atoms with Gasteiger partial charge in [-0.3, -0.25) is 4.79 Å². The number of hydrogen-bond donors (Lipinski definition) is 1. The minimum atomic E-state index is 0.139. The monoisotopic (exact) mass is 263 g/mol. The van der Waals surface area contributed by atoms with Crippen LogP contribution in [0.25, 0.3) is 0 Å². The Morgan fingerprint density at radius 1 is 1.26 bits per heavy atom. The smallest absolute Gasteiger partial charge is 0.254 e. The molecule has 0 aromatic heterocycles. The molecule has 3 nitrogen and oxygen atoms in total. The molecule has 1 aromatic rings. The Hall–Kier alpha value is -1.35. The van der Waals surface area contributed by atoms with Crippen molar-refractivity contribution in [2.24, 2.45) is 5.92 Å². The van der Waals surface area contributed by atoms with E-state index in [4.69, 9.17) is 5.11 Å². The summed E-state index contributed by atoms with van der Waals surface area (Å²) in [7, 11) is 1.82. The molecule has 0 radical (unpaired) electrons. The zero-order valence-corrected chi connectivity index (χ0v) is 12.2. The van der Waals surface area contributed by atoms with Crippen LogP contribution in [0.4, 0.5) is 0 Å². The van der Waals surface area contributed by atoms with Gasteiger partial charge in [0.25, 0.3) is 5.91 Å². The number of unbranched alkanes of at least 4 members (excludes halogenated alkanes) is 1. The standard InChI is InChI=1S/C9H9NO.C7H16O/c1-10-6-7-4-2-3-5-8(7)9(10)11;1-7(2)5-3-4-6-8/h2-5H,6H2,1H3;7-8H,3-6H2,1-2H3. The molecule has 0 unspecified atom stereocenters. The molecule has 3 heteroatoms. The molecule has 1 amide bonds. The second-order valence-electron chi connectivity index (χ2n) is 5.43. The zero-order chi connectivity index (χ0) is 14.3. The van der Waals surface area contributed by atoms with Gasteiger partial charge >= 0.3 is 0 Å². The summed E-state index contributed by atoms with van der Waals surface area (Å²) in [6.45, 7) is 5.52. The lowest BCUT2D eigenvalue weighted by Crippen LogP contribution is -2.17. The van der Waals surface area contributed by atoms with Gasteiger partial charge < -0.3 is 10.0 Å².